The van der Waals surface area contributed by atoms with E-state index in [9.17, 15) is 9.59 Å². The van der Waals surface area contributed by atoms with E-state index in [0.29, 0.717) is 59.3 Å². The van der Waals surface area contributed by atoms with Crippen LogP contribution in [0.3, 0.4) is 0 Å². The summed E-state index contributed by atoms with van der Waals surface area (Å²) in [5.41, 5.74) is 1.40. The topological polar surface area (TPSA) is 128 Å². The maximum absolute atomic E-state index is 12.5. The maximum atomic E-state index is 12.5. The molecule has 1 aliphatic rings. The fourth-order valence-corrected chi connectivity index (χ4v) is 4.14. The van der Waals surface area contributed by atoms with Crippen molar-refractivity contribution in [2.45, 2.75) is 6.92 Å². The molecule has 11 heteroatoms. The summed E-state index contributed by atoms with van der Waals surface area (Å²) < 4.78 is 17.5. The summed E-state index contributed by atoms with van der Waals surface area (Å²) in [6.45, 7) is 5.85. The Bertz CT molecular complexity index is 1580. The van der Waals surface area contributed by atoms with Crippen LogP contribution in [0.25, 0.3) is 10.9 Å². The number of rotatable bonds is 9. The second-order valence-corrected chi connectivity index (χ2v) is 8.96. The van der Waals surface area contributed by atoms with Crippen LogP contribution in [-0.2, 0) is 9.53 Å². The van der Waals surface area contributed by atoms with Crippen molar-refractivity contribution in [3.8, 4) is 29.2 Å². The summed E-state index contributed by atoms with van der Waals surface area (Å²) in [6, 6.07) is 13.7. The first-order chi connectivity index (χ1) is 20.1. The fourth-order valence-electron chi connectivity index (χ4n) is 4.14. The number of nitrogens with one attached hydrogen (secondary N) is 2. The molecule has 0 saturated carbocycles. The number of amides is 2. The minimum absolute atomic E-state index is 0.278. The van der Waals surface area contributed by atoms with Gasteiger partial charge in [0.25, 0.3) is 11.8 Å². The summed E-state index contributed by atoms with van der Waals surface area (Å²) in [5, 5.41) is 6.15. The standard InChI is InChI=1S/C30H28N6O5/c1-2-5-28(37)34-24-18-22-23(19-26(24)40-17-14-36-12-15-39-16-13-36)31-11-9-25(22)41-29-8-7-21(20-33-29)30(38)35-27-6-3-4-10-32-27/h3-4,6-11,18-20H,12-17H2,1H3,(H,34,37)(H,32,35,38). The van der Waals surface area contributed by atoms with E-state index in [1.165, 1.54) is 6.20 Å². The van der Waals surface area contributed by atoms with Crippen molar-refractivity contribution < 1.29 is 23.8 Å². The molecule has 3 aromatic heterocycles. The minimum atomic E-state index is -0.461. The van der Waals surface area contributed by atoms with E-state index >= 15 is 0 Å². The number of hydrogen-bond donors (Lipinski definition) is 2. The van der Waals surface area contributed by atoms with Gasteiger partial charge in [0, 0.05) is 55.7 Å². The highest BCUT2D eigenvalue weighted by Crippen LogP contribution is 2.35. The van der Waals surface area contributed by atoms with Crippen LogP contribution in [0.1, 0.15) is 17.3 Å². The van der Waals surface area contributed by atoms with Crippen molar-refractivity contribution >= 4 is 34.2 Å². The Balaban J connectivity index is 1.35. The molecule has 1 aliphatic heterocycles. The van der Waals surface area contributed by atoms with Gasteiger partial charge in [-0.2, -0.15) is 0 Å². The number of nitrogens with zero attached hydrogens (tertiary/aromatic N) is 4. The Morgan fingerprint density at radius 2 is 1.88 bits per heavy atom. The van der Waals surface area contributed by atoms with Gasteiger partial charge < -0.3 is 24.8 Å². The Morgan fingerprint density at radius 1 is 1.00 bits per heavy atom. The Labute approximate surface area is 236 Å². The maximum Gasteiger partial charge on any atom is 0.300 e. The van der Waals surface area contributed by atoms with Gasteiger partial charge in [-0.15, -0.1) is 0 Å². The second kappa shape index (κ2) is 13.3. The first kappa shape index (κ1) is 27.5. The average Bonchev–Trinajstić information content (AvgIpc) is 2.99. The van der Waals surface area contributed by atoms with Gasteiger partial charge in [0.05, 0.1) is 30.0 Å². The van der Waals surface area contributed by atoms with E-state index in [2.05, 4.69) is 42.3 Å². The molecule has 208 valence electrons. The van der Waals surface area contributed by atoms with Gasteiger partial charge >= 0.3 is 0 Å². The molecule has 0 spiro atoms. The van der Waals surface area contributed by atoms with E-state index < -0.39 is 5.91 Å². The lowest BCUT2D eigenvalue weighted by molar-refractivity contribution is -0.111. The number of morpholine rings is 1. The quantitative estimate of drug-likeness (QED) is 0.299. The van der Waals surface area contributed by atoms with Gasteiger partial charge in [-0.1, -0.05) is 12.0 Å². The molecule has 2 amide bonds. The zero-order chi connectivity index (χ0) is 28.4. The monoisotopic (exact) mass is 552 g/mol. The van der Waals surface area contributed by atoms with Crippen molar-refractivity contribution in [2.24, 2.45) is 0 Å². The minimum Gasteiger partial charge on any atom is -0.490 e. The first-order valence-electron chi connectivity index (χ1n) is 13.0. The van der Waals surface area contributed by atoms with E-state index in [-0.39, 0.29) is 11.8 Å². The summed E-state index contributed by atoms with van der Waals surface area (Å²) in [4.78, 5) is 40.0. The predicted octanol–water partition coefficient (Wildman–Crippen LogP) is 3.74. The van der Waals surface area contributed by atoms with Crippen LogP contribution in [-0.4, -0.2) is 71.1 Å². The number of pyridine rings is 3. The normalized spacial score (nSPS) is 13.1. The molecular weight excluding hydrogens is 524 g/mol. The molecule has 4 aromatic rings. The van der Waals surface area contributed by atoms with Crippen molar-refractivity contribution in [1.82, 2.24) is 19.9 Å². The van der Waals surface area contributed by atoms with Crippen molar-refractivity contribution in [3.05, 3.63) is 72.7 Å². The van der Waals surface area contributed by atoms with Crippen LogP contribution in [0.2, 0.25) is 0 Å². The van der Waals surface area contributed by atoms with Gasteiger partial charge in [-0.3, -0.25) is 19.5 Å². The Hall–Kier alpha value is -5.05. The summed E-state index contributed by atoms with van der Waals surface area (Å²) in [5.74, 6) is 5.95. The number of anilines is 2. The average molecular weight is 553 g/mol. The van der Waals surface area contributed by atoms with Crippen molar-refractivity contribution in [3.63, 3.8) is 0 Å². The number of carbonyl (C=O) groups excluding carboxylic acids is 2. The van der Waals surface area contributed by atoms with Gasteiger partial charge in [0.1, 0.15) is 23.9 Å². The van der Waals surface area contributed by atoms with E-state index in [1.54, 1.807) is 67.8 Å². The summed E-state index contributed by atoms with van der Waals surface area (Å²) in [7, 11) is 0. The number of benzene rings is 1. The summed E-state index contributed by atoms with van der Waals surface area (Å²) in [6.07, 6.45) is 4.63. The van der Waals surface area contributed by atoms with Gasteiger partial charge in [0.15, 0.2) is 0 Å². The number of aromatic nitrogens is 3. The van der Waals surface area contributed by atoms with Gasteiger partial charge in [0.2, 0.25) is 5.88 Å². The van der Waals surface area contributed by atoms with Gasteiger partial charge in [-0.25, -0.2) is 9.97 Å². The highest BCUT2D eigenvalue weighted by Gasteiger charge is 2.16. The molecule has 1 aromatic carbocycles. The largest absolute Gasteiger partial charge is 0.490 e. The highest BCUT2D eigenvalue weighted by atomic mass is 16.5. The molecule has 0 atom stereocenters. The van der Waals surface area contributed by atoms with Crippen molar-refractivity contribution in [2.75, 3.05) is 50.1 Å². The molecule has 1 fully saturated rings. The number of carbonyl (C=O) groups is 2. The lowest BCUT2D eigenvalue weighted by Gasteiger charge is -2.26. The molecule has 1 saturated heterocycles. The lowest BCUT2D eigenvalue weighted by Crippen LogP contribution is -2.38. The number of hydrogen-bond acceptors (Lipinski definition) is 9. The highest BCUT2D eigenvalue weighted by molar-refractivity contribution is 6.06. The Morgan fingerprint density at radius 3 is 2.63 bits per heavy atom. The Kier molecular flexibility index (Phi) is 8.95. The van der Waals surface area contributed by atoms with Crippen LogP contribution in [0.5, 0.6) is 17.4 Å². The third kappa shape index (κ3) is 7.33. The number of ether oxygens (including phenoxy) is 3. The van der Waals surface area contributed by atoms with E-state index in [1.807, 2.05) is 0 Å². The van der Waals surface area contributed by atoms with E-state index in [0.717, 1.165) is 19.6 Å². The second-order valence-electron chi connectivity index (χ2n) is 8.96. The molecule has 5 rings (SSSR count). The molecule has 2 N–H and O–H groups in total. The zero-order valence-electron chi connectivity index (χ0n) is 22.4. The summed E-state index contributed by atoms with van der Waals surface area (Å²) >= 11 is 0. The molecule has 0 unspecified atom stereocenters. The SMILES string of the molecule is CC#CC(=O)Nc1cc2c(Oc3ccc(C(=O)Nc4ccccn4)cn3)ccnc2cc1OCCN1CCOCC1. The van der Waals surface area contributed by atoms with Crippen LogP contribution in [0.4, 0.5) is 11.5 Å². The predicted molar refractivity (Wildman–Crippen MR) is 153 cm³/mol. The van der Waals surface area contributed by atoms with Crippen LogP contribution in [0, 0.1) is 11.8 Å². The zero-order valence-corrected chi connectivity index (χ0v) is 22.4. The molecule has 41 heavy (non-hydrogen) atoms. The third-order valence-electron chi connectivity index (χ3n) is 6.18. The molecule has 0 aliphatic carbocycles. The third-order valence-corrected chi connectivity index (χ3v) is 6.18. The fraction of sp³-hybridized carbons (Fsp3) is 0.233. The molecule has 11 nitrogen and oxygen atoms in total. The molecule has 4 heterocycles. The lowest BCUT2D eigenvalue weighted by atomic mass is 10.1. The van der Waals surface area contributed by atoms with E-state index in [4.69, 9.17) is 14.2 Å². The van der Waals surface area contributed by atoms with Crippen LogP contribution in [0.15, 0.2) is 67.1 Å². The smallest absolute Gasteiger partial charge is 0.300 e. The molecular formula is C30H28N6O5. The molecule has 0 radical (unpaired) electrons. The van der Waals surface area contributed by atoms with Gasteiger partial charge in [-0.05, 0) is 43.2 Å². The number of fused-ring (bicyclic) bond motifs is 1. The van der Waals surface area contributed by atoms with Crippen LogP contribution >= 0.6 is 0 Å². The van der Waals surface area contributed by atoms with Crippen molar-refractivity contribution in [1.29, 1.82) is 0 Å². The first-order valence-corrected chi connectivity index (χ1v) is 13.0. The molecule has 0 bridgehead atoms. The van der Waals surface area contributed by atoms with Crippen LogP contribution < -0.4 is 20.1 Å².